The smallest absolute Gasteiger partial charge is 0.286 e. The van der Waals surface area contributed by atoms with Crippen LogP contribution < -0.4 is 10.2 Å². The number of nitrogens with zero attached hydrogens (tertiary/aromatic N) is 1. The van der Waals surface area contributed by atoms with E-state index in [-0.39, 0.29) is 23.9 Å². The average Bonchev–Trinajstić information content (AvgIpc) is 2.63. The number of amides is 1. The molecule has 1 saturated heterocycles. The number of anilines is 1. The maximum Gasteiger partial charge on any atom is 0.286 e. The van der Waals surface area contributed by atoms with Gasteiger partial charge in [-0.3, -0.25) is 4.79 Å². The summed E-state index contributed by atoms with van der Waals surface area (Å²) in [5.41, 5.74) is 1.64. The standard InChI is InChI=1S/C19H25FN2O3/c1-13(21-19(24)18-4-2-3-11-25-18)16-12-14(20)5-6-17(16)22-9-7-15(23)8-10-22/h4-6,12-13,15,23H,2-3,7-11H2,1H3,(H,21,24). The van der Waals surface area contributed by atoms with Crippen LogP contribution in [0.15, 0.2) is 30.0 Å². The number of piperidine rings is 1. The molecule has 0 spiro atoms. The normalized spacial score (nSPS) is 19.8. The number of hydrogen-bond donors (Lipinski definition) is 2. The number of halogens is 1. The number of aliphatic hydroxyl groups is 1. The molecule has 136 valence electrons. The van der Waals surface area contributed by atoms with Gasteiger partial charge in [-0.1, -0.05) is 0 Å². The van der Waals surface area contributed by atoms with Gasteiger partial charge in [-0.05, 0) is 56.9 Å². The van der Waals surface area contributed by atoms with E-state index < -0.39 is 0 Å². The maximum absolute atomic E-state index is 13.8. The first-order valence-electron chi connectivity index (χ1n) is 8.91. The van der Waals surface area contributed by atoms with Gasteiger partial charge in [-0.2, -0.15) is 0 Å². The molecule has 2 aliphatic rings. The van der Waals surface area contributed by atoms with Crippen molar-refractivity contribution in [2.75, 3.05) is 24.6 Å². The first-order chi connectivity index (χ1) is 12.0. The lowest BCUT2D eigenvalue weighted by molar-refractivity contribution is -0.121. The molecule has 5 nitrogen and oxygen atoms in total. The molecule has 2 N–H and O–H groups in total. The number of nitrogens with one attached hydrogen (secondary N) is 1. The molecule has 1 fully saturated rings. The molecule has 0 aromatic heterocycles. The second-order valence-electron chi connectivity index (χ2n) is 6.68. The highest BCUT2D eigenvalue weighted by Crippen LogP contribution is 2.30. The van der Waals surface area contributed by atoms with Crippen LogP contribution in [-0.4, -0.2) is 36.8 Å². The van der Waals surface area contributed by atoms with Crippen LogP contribution in [0.1, 0.15) is 44.2 Å². The Morgan fingerprint density at radius 2 is 2.16 bits per heavy atom. The van der Waals surface area contributed by atoms with Gasteiger partial charge in [0.05, 0.1) is 18.8 Å². The third kappa shape index (κ3) is 4.31. The number of carbonyl (C=O) groups excluding carboxylic acids is 1. The van der Waals surface area contributed by atoms with Crippen LogP contribution in [0.2, 0.25) is 0 Å². The van der Waals surface area contributed by atoms with Crippen LogP contribution in [0, 0.1) is 5.82 Å². The van der Waals surface area contributed by atoms with Gasteiger partial charge in [0, 0.05) is 24.3 Å². The number of hydrogen-bond acceptors (Lipinski definition) is 4. The quantitative estimate of drug-likeness (QED) is 0.878. The van der Waals surface area contributed by atoms with Crippen molar-refractivity contribution in [3.8, 4) is 0 Å². The lowest BCUT2D eigenvalue weighted by Gasteiger charge is -2.34. The van der Waals surface area contributed by atoms with E-state index in [0.717, 1.165) is 24.1 Å². The Morgan fingerprint density at radius 1 is 1.40 bits per heavy atom. The van der Waals surface area contributed by atoms with Gasteiger partial charge in [-0.25, -0.2) is 4.39 Å². The number of benzene rings is 1. The fourth-order valence-corrected chi connectivity index (χ4v) is 3.33. The molecule has 1 aromatic rings. The van der Waals surface area contributed by atoms with Crippen molar-refractivity contribution in [3.05, 3.63) is 41.4 Å². The van der Waals surface area contributed by atoms with E-state index in [1.807, 2.05) is 6.92 Å². The minimum absolute atomic E-state index is 0.267. The van der Waals surface area contributed by atoms with Crippen LogP contribution in [0.5, 0.6) is 0 Å². The highest BCUT2D eigenvalue weighted by atomic mass is 19.1. The molecule has 1 atom stereocenters. The van der Waals surface area contributed by atoms with Gasteiger partial charge in [0.25, 0.3) is 5.91 Å². The van der Waals surface area contributed by atoms with Crippen LogP contribution in [0.25, 0.3) is 0 Å². The summed E-state index contributed by atoms with van der Waals surface area (Å²) in [7, 11) is 0. The van der Waals surface area contributed by atoms with Crippen molar-refractivity contribution in [1.29, 1.82) is 0 Å². The lowest BCUT2D eigenvalue weighted by Crippen LogP contribution is -2.37. The summed E-state index contributed by atoms with van der Waals surface area (Å²) in [6.07, 6.45) is 4.66. The molecule has 1 amide bonds. The van der Waals surface area contributed by atoms with Crippen molar-refractivity contribution in [3.63, 3.8) is 0 Å². The molecule has 0 saturated carbocycles. The zero-order chi connectivity index (χ0) is 17.8. The Balaban J connectivity index is 1.76. The predicted molar refractivity (Wildman–Crippen MR) is 93.7 cm³/mol. The molecule has 1 unspecified atom stereocenters. The Kier molecular flexibility index (Phi) is 5.58. The van der Waals surface area contributed by atoms with Crippen LogP contribution in [-0.2, 0) is 9.53 Å². The molecule has 0 aliphatic carbocycles. The topological polar surface area (TPSA) is 61.8 Å². The van der Waals surface area contributed by atoms with Gasteiger partial charge in [0.2, 0.25) is 0 Å². The van der Waals surface area contributed by atoms with Crippen molar-refractivity contribution in [2.45, 2.75) is 44.8 Å². The number of ether oxygens (including phenoxy) is 1. The second-order valence-corrected chi connectivity index (χ2v) is 6.68. The van der Waals surface area contributed by atoms with Crippen molar-refractivity contribution in [1.82, 2.24) is 5.32 Å². The summed E-state index contributed by atoms with van der Waals surface area (Å²) in [4.78, 5) is 14.5. The van der Waals surface area contributed by atoms with Crippen LogP contribution >= 0.6 is 0 Å². The highest BCUT2D eigenvalue weighted by Gasteiger charge is 2.23. The number of rotatable bonds is 4. The van der Waals surface area contributed by atoms with E-state index in [9.17, 15) is 14.3 Å². The van der Waals surface area contributed by atoms with E-state index in [0.29, 0.717) is 38.3 Å². The van der Waals surface area contributed by atoms with Gasteiger partial charge >= 0.3 is 0 Å². The Hall–Kier alpha value is -2.08. The highest BCUT2D eigenvalue weighted by molar-refractivity contribution is 5.91. The summed E-state index contributed by atoms with van der Waals surface area (Å²) in [5, 5.41) is 12.6. The van der Waals surface area contributed by atoms with E-state index in [1.165, 1.54) is 12.1 Å². The molecule has 2 aliphatic heterocycles. The van der Waals surface area contributed by atoms with Crippen molar-refractivity contribution in [2.24, 2.45) is 0 Å². The number of allylic oxidation sites excluding steroid dienone is 1. The maximum atomic E-state index is 13.8. The third-order valence-electron chi connectivity index (χ3n) is 4.77. The molecule has 25 heavy (non-hydrogen) atoms. The molecular weight excluding hydrogens is 323 g/mol. The molecule has 1 aromatic carbocycles. The predicted octanol–water partition coefficient (Wildman–Crippen LogP) is 2.66. The van der Waals surface area contributed by atoms with Gasteiger partial charge in [0.1, 0.15) is 5.82 Å². The van der Waals surface area contributed by atoms with E-state index in [1.54, 1.807) is 12.1 Å². The fourth-order valence-electron chi connectivity index (χ4n) is 3.33. The largest absolute Gasteiger partial charge is 0.488 e. The summed E-state index contributed by atoms with van der Waals surface area (Å²) < 4.78 is 19.2. The number of aliphatic hydroxyl groups excluding tert-OH is 1. The van der Waals surface area contributed by atoms with E-state index in [2.05, 4.69) is 10.2 Å². The average molecular weight is 348 g/mol. The Labute approximate surface area is 147 Å². The minimum atomic E-state index is -0.350. The van der Waals surface area contributed by atoms with Crippen LogP contribution in [0.3, 0.4) is 0 Å². The molecule has 6 heteroatoms. The molecule has 2 heterocycles. The second kappa shape index (κ2) is 7.87. The minimum Gasteiger partial charge on any atom is -0.488 e. The first kappa shape index (κ1) is 17.7. The summed E-state index contributed by atoms with van der Waals surface area (Å²) in [6, 6.07) is 4.31. The van der Waals surface area contributed by atoms with E-state index >= 15 is 0 Å². The zero-order valence-corrected chi connectivity index (χ0v) is 14.5. The fraction of sp³-hybridized carbons (Fsp3) is 0.526. The lowest BCUT2D eigenvalue weighted by atomic mass is 10.0. The molecule has 0 radical (unpaired) electrons. The Bertz CT molecular complexity index is 654. The van der Waals surface area contributed by atoms with Crippen molar-refractivity contribution >= 4 is 11.6 Å². The molecule has 3 rings (SSSR count). The summed E-state index contributed by atoms with van der Waals surface area (Å²) in [5.74, 6) is -0.251. The monoisotopic (exact) mass is 348 g/mol. The van der Waals surface area contributed by atoms with Crippen LogP contribution in [0.4, 0.5) is 10.1 Å². The number of carbonyl (C=O) groups is 1. The van der Waals surface area contributed by atoms with E-state index in [4.69, 9.17) is 4.74 Å². The SMILES string of the molecule is CC(NC(=O)C1=CCCCO1)c1cc(F)ccc1N1CCC(O)CC1. The van der Waals surface area contributed by atoms with Crippen molar-refractivity contribution < 1.29 is 19.0 Å². The Morgan fingerprint density at radius 3 is 2.84 bits per heavy atom. The summed E-state index contributed by atoms with van der Waals surface area (Å²) >= 11 is 0. The third-order valence-corrected chi connectivity index (χ3v) is 4.77. The molecular formula is C19H25FN2O3. The van der Waals surface area contributed by atoms with Gasteiger partial charge in [-0.15, -0.1) is 0 Å². The van der Waals surface area contributed by atoms with Gasteiger partial charge in [0.15, 0.2) is 5.76 Å². The zero-order valence-electron chi connectivity index (χ0n) is 14.5. The molecule has 0 bridgehead atoms. The van der Waals surface area contributed by atoms with Gasteiger partial charge < -0.3 is 20.1 Å². The first-order valence-corrected chi connectivity index (χ1v) is 8.91. The summed E-state index contributed by atoms with van der Waals surface area (Å²) in [6.45, 7) is 3.83.